The van der Waals surface area contributed by atoms with E-state index in [-0.39, 0.29) is 0 Å². The molecule has 0 bridgehead atoms. The van der Waals surface area contributed by atoms with Gasteiger partial charge in [-0.3, -0.25) is 0 Å². The number of benzene rings is 5. The maximum Gasteiger partial charge on any atom is 0.0287 e. The van der Waals surface area contributed by atoms with Gasteiger partial charge in [-0.25, -0.2) is 0 Å². The van der Waals surface area contributed by atoms with Gasteiger partial charge in [-0.2, -0.15) is 0 Å². The lowest BCUT2D eigenvalue weighted by molar-refractivity contribution is 1.69. The summed E-state index contributed by atoms with van der Waals surface area (Å²) in [6.45, 7) is 0. The van der Waals surface area contributed by atoms with Crippen LogP contribution in [0, 0.1) is 3.57 Å². The van der Waals surface area contributed by atoms with Crippen LogP contribution in [-0.2, 0) is 0 Å². The standard InChI is InChI=1S/C24H15I/c25-24-21-13-5-3-11-19(21)23(20-12-4-6-14-22(20)24)18-15-7-9-16-8-1-2-10-17(16)18/h1-15H. The molecule has 5 aromatic carbocycles. The molecule has 0 aliphatic heterocycles. The fraction of sp³-hybridized carbons (Fsp3) is 0. The molecule has 5 rings (SSSR count). The van der Waals surface area contributed by atoms with Crippen LogP contribution in [0.4, 0.5) is 0 Å². The third-order valence-corrected chi connectivity index (χ3v) is 6.09. The van der Waals surface area contributed by atoms with Gasteiger partial charge in [0.2, 0.25) is 0 Å². The molecule has 0 spiro atoms. The first kappa shape index (κ1) is 14.9. The van der Waals surface area contributed by atoms with Crippen molar-refractivity contribution in [3.8, 4) is 11.1 Å². The first-order valence-electron chi connectivity index (χ1n) is 8.42. The normalized spacial score (nSPS) is 11.4. The zero-order chi connectivity index (χ0) is 16.8. The maximum absolute atomic E-state index is 2.49. The Balaban J connectivity index is 2.06. The minimum absolute atomic E-state index is 1.28. The Labute approximate surface area is 160 Å². The number of hydrogen-bond acceptors (Lipinski definition) is 0. The third kappa shape index (κ3) is 2.26. The highest BCUT2D eigenvalue weighted by atomic mass is 127. The van der Waals surface area contributed by atoms with Crippen LogP contribution in [0.15, 0.2) is 91.0 Å². The van der Waals surface area contributed by atoms with E-state index < -0.39 is 0 Å². The molecule has 0 amide bonds. The first-order chi connectivity index (χ1) is 12.3. The molecule has 0 atom stereocenters. The van der Waals surface area contributed by atoms with Crippen molar-refractivity contribution in [2.24, 2.45) is 0 Å². The summed E-state index contributed by atoms with van der Waals surface area (Å²) in [6, 6.07) is 32.8. The van der Waals surface area contributed by atoms with Crippen molar-refractivity contribution in [1.82, 2.24) is 0 Å². The number of hydrogen-bond donors (Lipinski definition) is 0. The highest BCUT2D eigenvalue weighted by Gasteiger charge is 2.14. The summed E-state index contributed by atoms with van der Waals surface area (Å²) in [5.41, 5.74) is 2.64. The lowest BCUT2D eigenvalue weighted by Gasteiger charge is -2.16. The second-order valence-corrected chi connectivity index (χ2v) is 7.39. The van der Waals surface area contributed by atoms with Gasteiger partial charge >= 0.3 is 0 Å². The Hall–Kier alpha value is -2.39. The molecule has 0 N–H and O–H groups in total. The molecule has 0 saturated carbocycles. The van der Waals surface area contributed by atoms with Crippen LogP contribution in [-0.4, -0.2) is 0 Å². The SMILES string of the molecule is Ic1c2ccccc2c(-c2cccc3ccccc23)c2ccccc12. The molecule has 0 nitrogen and oxygen atoms in total. The molecule has 0 heterocycles. The molecular weight excluding hydrogens is 415 g/mol. The summed E-state index contributed by atoms with van der Waals surface area (Å²) in [5.74, 6) is 0. The van der Waals surface area contributed by atoms with Crippen LogP contribution < -0.4 is 0 Å². The zero-order valence-electron chi connectivity index (χ0n) is 13.5. The van der Waals surface area contributed by atoms with Crippen LogP contribution in [0.2, 0.25) is 0 Å². The molecule has 0 aromatic heterocycles. The number of fused-ring (bicyclic) bond motifs is 3. The predicted molar refractivity (Wildman–Crippen MR) is 117 cm³/mol. The average molecular weight is 430 g/mol. The van der Waals surface area contributed by atoms with Crippen molar-refractivity contribution >= 4 is 54.9 Å². The topological polar surface area (TPSA) is 0 Å². The Bertz CT molecular complexity index is 1190. The highest BCUT2D eigenvalue weighted by molar-refractivity contribution is 14.1. The minimum Gasteiger partial charge on any atom is -0.0616 e. The Morgan fingerprint density at radius 1 is 0.440 bits per heavy atom. The Morgan fingerprint density at radius 2 is 0.920 bits per heavy atom. The van der Waals surface area contributed by atoms with E-state index in [4.69, 9.17) is 0 Å². The molecule has 0 unspecified atom stereocenters. The smallest absolute Gasteiger partial charge is 0.0287 e. The van der Waals surface area contributed by atoms with Crippen molar-refractivity contribution in [3.63, 3.8) is 0 Å². The van der Waals surface area contributed by atoms with Crippen LogP contribution in [0.5, 0.6) is 0 Å². The third-order valence-electron chi connectivity index (χ3n) is 4.92. The Morgan fingerprint density at radius 3 is 1.56 bits per heavy atom. The van der Waals surface area contributed by atoms with Crippen molar-refractivity contribution in [2.45, 2.75) is 0 Å². The second kappa shape index (κ2) is 5.85. The predicted octanol–water partition coefficient (Wildman–Crippen LogP) is 7.42. The molecule has 0 aliphatic rings. The summed E-state index contributed by atoms with van der Waals surface area (Å²) < 4.78 is 1.33. The highest BCUT2D eigenvalue weighted by Crippen LogP contribution is 2.41. The zero-order valence-corrected chi connectivity index (χ0v) is 15.7. The van der Waals surface area contributed by atoms with Gasteiger partial charge in [-0.1, -0.05) is 91.0 Å². The van der Waals surface area contributed by atoms with E-state index in [9.17, 15) is 0 Å². The van der Waals surface area contributed by atoms with Gasteiger partial charge < -0.3 is 0 Å². The van der Waals surface area contributed by atoms with E-state index in [1.54, 1.807) is 0 Å². The summed E-state index contributed by atoms with van der Waals surface area (Å²) in [4.78, 5) is 0. The van der Waals surface area contributed by atoms with Crippen molar-refractivity contribution in [1.29, 1.82) is 0 Å². The maximum atomic E-state index is 2.49. The van der Waals surface area contributed by atoms with Crippen LogP contribution in [0.25, 0.3) is 43.4 Å². The second-order valence-electron chi connectivity index (χ2n) is 6.31. The van der Waals surface area contributed by atoms with E-state index in [0.29, 0.717) is 0 Å². The summed E-state index contributed by atoms with van der Waals surface area (Å²) in [6.07, 6.45) is 0. The van der Waals surface area contributed by atoms with Crippen molar-refractivity contribution in [3.05, 3.63) is 94.6 Å². The molecule has 0 radical (unpaired) electrons. The lowest BCUT2D eigenvalue weighted by Crippen LogP contribution is -1.90. The molecular formula is C24H15I. The first-order valence-corrected chi connectivity index (χ1v) is 9.49. The molecule has 0 fully saturated rings. The van der Waals surface area contributed by atoms with Crippen molar-refractivity contribution in [2.75, 3.05) is 0 Å². The molecule has 1 heteroatoms. The van der Waals surface area contributed by atoms with Gasteiger partial charge in [0.05, 0.1) is 0 Å². The van der Waals surface area contributed by atoms with Gasteiger partial charge in [-0.05, 0) is 66.0 Å². The van der Waals surface area contributed by atoms with Crippen LogP contribution in [0.3, 0.4) is 0 Å². The summed E-state index contributed by atoms with van der Waals surface area (Å²) in [5, 5.41) is 7.88. The number of halogens is 1. The Kier molecular flexibility index (Phi) is 3.49. The molecule has 0 saturated heterocycles. The van der Waals surface area contributed by atoms with Crippen LogP contribution in [0.1, 0.15) is 0 Å². The van der Waals surface area contributed by atoms with Gasteiger partial charge in [0, 0.05) is 3.57 Å². The van der Waals surface area contributed by atoms with E-state index in [0.717, 1.165) is 0 Å². The van der Waals surface area contributed by atoms with Crippen LogP contribution >= 0.6 is 22.6 Å². The molecule has 25 heavy (non-hydrogen) atoms. The minimum atomic E-state index is 1.28. The summed E-state index contributed by atoms with van der Waals surface area (Å²) in [7, 11) is 0. The number of rotatable bonds is 1. The van der Waals surface area contributed by atoms with E-state index in [1.165, 1.54) is 47.0 Å². The lowest BCUT2D eigenvalue weighted by atomic mass is 9.89. The molecule has 0 aliphatic carbocycles. The van der Waals surface area contributed by atoms with Gasteiger partial charge in [0.1, 0.15) is 0 Å². The molecule has 5 aromatic rings. The van der Waals surface area contributed by atoms with E-state index in [2.05, 4.69) is 114 Å². The van der Waals surface area contributed by atoms with Crippen molar-refractivity contribution < 1.29 is 0 Å². The fourth-order valence-corrected chi connectivity index (χ4v) is 4.75. The largest absolute Gasteiger partial charge is 0.0616 e. The monoisotopic (exact) mass is 430 g/mol. The van der Waals surface area contributed by atoms with E-state index >= 15 is 0 Å². The van der Waals surface area contributed by atoms with Gasteiger partial charge in [-0.15, -0.1) is 0 Å². The van der Waals surface area contributed by atoms with Gasteiger partial charge in [0.25, 0.3) is 0 Å². The molecule has 118 valence electrons. The summed E-state index contributed by atoms with van der Waals surface area (Å²) >= 11 is 2.49. The van der Waals surface area contributed by atoms with E-state index in [1.807, 2.05) is 0 Å². The van der Waals surface area contributed by atoms with Gasteiger partial charge in [0.15, 0.2) is 0 Å². The fourth-order valence-electron chi connectivity index (χ4n) is 3.81. The average Bonchev–Trinajstić information content (AvgIpc) is 2.68. The quantitative estimate of drug-likeness (QED) is 0.192.